The number of hydrogen-bond donors (Lipinski definition) is 0. The molecule has 0 unspecified atom stereocenters. The molecule has 1 aliphatic heterocycles. The monoisotopic (exact) mass is 446 g/mol. The lowest BCUT2D eigenvalue weighted by Crippen LogP contribution is -2.37. The van der Waals surface area contributed by atoms with Crippen LogP contribution in [0.15, 0.2) is 48.5 Å². The quantitative estimate of drug-likeness (QED) is 0.541. The number of ether oxygens (including phenoxy) is 3. The smallest absolute Gasteiger partial charge is 0.387 e. The van der Waals surface area contributed by atoms with Crippen LogP contribution < -0.4 is 14.4 Å². The molecule has 1 amide bonds. The third-order valence-electron chi connectivity index (χ3n) is 5.03. The van der Waals surface area contributed by atoms with E-state index in [1.807, 2.05) is 18.2 Å². The predicted molar refractivity (Wildman–Crippen MR) is 119 cm³/mol. The first kappa shape index (κ1) is 23.5. The van der Waals surface area contributed by atoms with Crippen molar-refractivity contribution in [2.24, 2.45) is 0 Å². The summed E-state index contributed by atoms with van der Waals surface area (Å²) < 4.78 is 40.4. The van der Waals surface area contributed by atoms with Gasteiger partial charge in [0.05, 0.1) is 19.8 Å². The van der Waals surface area contributed by atoms with Gasteiger partial charge in [0, 0.05) is 38.4 Å². The van der Waals surface area contributed by atoms with Crippen LogP contribution in [0.3, 0.4) is 0 Å². The van der Waals surface area contributed by atoms with Crippen LogP contribution >= 0.6 is 0 Å². The van der Waals surface area contributed by atoms with Crippen molar-refractivity contribution in [1.82, 2.24) is 4.90 Å². The highest BCUT2D eigenvalue weighted by atomic mass is 19.3. The molecule has 32 heavy (non-hydrogen) atoms. The van der Waals surface area contributed by atoms with E-state index in [4.69, 9.17) is 9.47 Å². The number of likely N-dealkylation sites (N-methyl/N-ethyl adjacent to an activating group) is 1. The van der Waals surface area contributed by atoms with Crippen LogP contribution in [0.5, 0.6) is 11.5 Å². The fourth-order valence-electron chi connectivity index (χ4n) is 3.48. The molecule has 0 atom stereocenters. The number of para-hydroxylation sites is 1. The van der Waals surface area contributed by atoms with Crippen molar-refractivity contribution in [1.29, 1.82) is 0 Å². The third-order valence-corrected chi connectivity index (χ3v) is 5.03. The first-order valence-corrected chi connectivity index (χ1v) is 10.5. The molecule has 8 heteroatoms. The van der Waals surface area contributed by atoms with Crippen LogP contribution in [0, 0.1) is 0 Å². The van der Waals surface area contributed by atoms with Gasteiger partial charge in [0.1, 0.15) is 0 Å². The van der Waals surface area contributed by atoms with E-state index in [0.29, 0.717) is 31.9 Å². The minimum absolute atomic E-state index is 0.0397. The van der Waals surface area contributed by atoms with E-state index in [1.54, 1.807) is 37.1 Å². The standard InChI is InChI=1S/C24H28F2N2O4/c1-3-31-22-16-18(8-10-21(22)32-24(25)26)9-11-23(29)27(2)17-19-6-4-5-7-20(19)28-12-14-30-15-13-28/h4-11,16,24H,3,12-15,17H2,1-2H3. The number of carbonyl (C=O) groups is 1. The topological polar surface area (TPSA) is 51.2 Å². The van der Waals surface area contributed by atoms with E-state index < -0.39 is 6.61 Å². The van der Waals surface area contributed by atoms with Crippen LogP contribution in [0.1, 0.15) is 18.1 Å². The summed E-state index contributed by atoms with van der Waals surface area (Å²) in [6.45, 7) is 2.60. The molecule has 1 aliphatic rings. The molecule has 0 radical (unpaired) electrons. The molecule has 0 spiro atoms. The van der Waals surface area contributed by atoms with Crippen LogP contribution in [-0.4, -0.2) is 57.4 Å². The summed E-state index contributed by atoms with van der Waals surface area (Å²) >= 11 is 0. The molecule has 1 heterocycles. The molecule has 0 bridgehead atoms. The molecule has 0 aliphatic carbocycles. The molecule has 1 saturated heterocycles. The number of hydrogen-bond acceptors (Lipinski definition) is 5. The predicted octanol–water partition coefficient (Wildman–Crippen LogP) is 4.20. The summed E-state index contributed by atoms with van der Waals surface area (Å²) in [6.07, 6.45) is 3.08. The Morgan fingerprint density at radius 3 is 2.66 bits per heavy atom. The van der Waals surface area contributed by atoms with Crippen LogP contribution in [0.2, 0.25) is 0 Å². The zero-order chi connectivity index (χ0) is 22.9. The summed E-state index contributed by atoms with van der Waals surface area (Å²) in [5.41, 5.74) is 2.81. The van der Waals surface area contributed by atoms with Crippen LogP contribution in [0.4, 0.5) is 14.5 Å². The number of alkyl halides is 2. The highest BCUT2D eigenvalue weighted by molar-refractivity contribution is 5.91. The lowest BCUT2D eigenvalue weighted by atomic mass is 10.1. The Hall–Kier alpha value is -3.13. The van der Waals surface area contributed by atoms with Crippen molar-refractivity contribution >= 4 is 17.7 Å². The Balaban J connectivity index is 1.68. The van der Waals surface area contributed by atoms with Crippen LogP contribution in [-0.2, 0) is 16.1 Å². The number of morpholine rings is 1. The second-order valence-corrected chi connectivity index (χ2v) is 7.27. The number of halogens is 2. The minimum atomic E-state index is -2.94. The van der Waals surface area contributed by atoms with E-state index in [0.717, 1.165) is 24.3 Å². The van der Waals surface area contributed by atoms with E-state index >= 15 is 0 Å². The molecule has 2 aromatic carbocycles. The molecule has 0 N–H and O–H groups in total. The van der Waals surface area contributed by atoms with Crippen molar-refractivity contribution in [2.75, 3.05) is 44.9 Å². The average molecular weight is 446 g/mol. The van der Waals surface area contributed by atoms with E-state index in [9.17, 15) is 13.6 Å². The van der Waals surface area contributed by atoms with Crippen molar-refractivity contribution in [2.45, 2.75) is 20.1 Å². The van der Waals surface area contributed by atoms with Gasteiger partial charge in [-0.3, -0.25) is 4.79 Å². The molecule has 6 nitrogen and oxygen atoms in total. The van der Waals surface area contributed by atoms with Crippen molar-refractivity contribution in [3.63, 3.8) is 0 Å². The Labute approximate surface area is 187 Å². The normalized spacial score (nSPS) is 14.1. The number of amides is 1. The van der Waals surface area contributed by atoms with Gasteiger partial charge in [-0.15, -0.1) is 0 Å². The summed E-state index contributed by atoms with van der Waals surface area (Å²) in [4.78, 5) is 16.6. The van der Waals surface area contributed by atoms with Crippen molar-refractivity contribution in [3.8, 4) is 11.5 Å². The number of nitrogens with zero attached hydrogens (tertiary/aromatic N) is 2. The second kappa shape index (κ2) is 11.5. The SMILES string of the molecule is CCOc1cc(C=CC(=O)N(C)Cc2ccccc2N2CCOCC2)ccc1OC(F)F. The molecule has 3 rings (SSSR count). The number of anilines is 1. The fraction of sp³-hybridized carbons (Fsp3) is 0.375. The van der Waals surface area contributed by atoms with E-state index in [1.165, 1.54) is 12.1 Å². The average Bonchev–Trinajstić information content (AvgIpc) is 2.79. The first-order valence-electron chi connectivity index (χ1n) is 10.5. The van der Waals surface area contributed by atoms with Gasteiger partial charge in [0.15, 0.2) is 11.5 Å². The van der Waals surface area contributed by atoms with Gasteiger partial charge in [0.25, 0.3) is 0 Å². The largest absolute Gasteiger partial charge is 0.490 e. The number of benzene rings is 2. The van der Waals surface area contributed by atoms with Gasteiger partial charge < -0.3 is 24.0 Å². The fourth-order valence-corrected chi connectivity index (χ4v) is 3.48. The molecular formula is C24H28F2N2O4. The third kappa shape index (κ3) is 6.43. The molecule has 172 valence electrons. The van der Waals surface area contributed by atoms with Gasteiger partial charge in [0.2, 0.25) is 5.91 Å². The lowest BCUT2D eigenvalue weighted by molar-refractivity contribution is -0.125. The maximum absolute atomic E-state index is 12.7. The zero-order valence-electron chi connectivity index (χ0n) is 18.3. The highest BCUT2D eigenvalue weighted by Crippen LogP contribution is 2.30. The Morgan fingerprint density at radius 1 is 1.19 bits per heavy atom. The second-order valence-electron chi connectivity index (χ2n) is 7.27. The van der Waals surface area contributed by atoms with E-state index in [-0.39, 0.29) is 17.4 Å². The van der Waals surface area contributed by atoms with E-state index in [2.05, 4.69) is 15.7 Å². The van der Waals surface area contributed by atoms with Gasteiger partial charge in [-0.05, 0) is 42.3 Å². The van der Waals surface area contributed by atoms with Gasteiger partial charge in [-0.1, -0.05) is 24.3 Å². The number of carbonyl (C=O) groups excluding carboxylic acids is 1. The first-order chi connectivity index (χ1) is 15.5. The summed E-state index contributed by atoms with van der Waals surface area (Å²) in [6, 6.07) is 12.6. The Bertz CT molecular complexity index is 930. The molecule has 0 saturated carbocycles. The number of rotatable bonds is 9. The maximum atomic E-state index is 12.7. The molecular weight excluding hydrogens is 418 g/mol. The van der Waals surface area contributed by atoms with Gasteiger partial charge in [-0.25, -0.2) is 0 Å². The van der Waals surface area contributed by atoms with Gasteiger partial charge >= 0.3 is 6.61 Å². The molecule has 0 aromatic heterocycles. The maximum Gasteiger partial charge on any atom is 0.387 e. The lowest BCUT2D eigenvalue weighted by Gasteiger charge is -2.31. The molecule has 1 fully saturated rings. The summed E-state index contributed by atoms with van der Waals surface area (Å²) in [5.74, 6) is -0.00926. The summed E-state index contributed by atoms with van der Waals surface area (Å²) in [7, 11) is 1.74. The Morgan fingerprint density at radius 2 is 1.94 bits per heavy atom. The minimum Gasteiger partial charge on any atom is -0.490 e. The zero-order valence-corrected chi connectivity index (χ0v) is 18.3. The van der Waals surface area contributed by atoms with Gasteiger partial charge in [-0.2, -0.15) is 8.78 Å². The highest BCUT2D eigenvalue weighted by Gasteiger charge is 2.16. The molecule has 2 aromatic rings. The van der Waals surface area contributed by atoms with Crippen LogP contribution in [0.25, 0.3) is 6.08 Å². The summed E-state index contributed by atoms with van der Waals surface area (Å²) in [5, 5.41) is 0. The van der Waals surface area contributed by atoms with Crippen molar-refractivity contribution in [3.05, 3.63) is 59.7 Å². The van der Waals surface area contributed by atoms with Crippen molar-refractivity contribution < 1.29 is 27.8 Å². The Kier molecular flexibility index (Phi) is 8.44.